The van der Waals surface area contributed by atoms with E-state index in [1.54, 1.807) is 60.8 Å². The number of nitrogens with zero attached hydrogens (tertiary/aromatic N) is 3. The molecule has 0 aliphatic carbocycles. The molecule has 36 heavy (non-hydrogen) atoms. The topological polar surface area (TPSA) is 134 Å². The highest BCUT2D eigenvalue weighted by molar-refractivity contribution is 7.13. The normalized spacial score (nSPS) is 16.9. The van der Waals surface area contributed by atoms with E-state index in [1.807, 2.05) is 5.38 Å². The van der Waals surface area contributed by atoms with Crippen LogP contribution < -0.4 is 4.90 Å². The van der Waals surface area contributed by atoms with Crippen molar-refractivity contribution >= 4 is 40.2 Å². The summed E-state index contributed by atoms with van der Waals surface area (Å²) < 4.78 is 0. The molecule has 0 saturated carbocycles. The molecular formula is C26H17N3O6S. The first-order valence-electron chi connectivity index (χ1n) is 10.7. The Morgan fingerprint density at radius 3 is 2.39 bits per heavy atom. The van der Waals surface area contributed by atoms with Crippen molar-refractivity contribution in [1.82, 2.24) is 4.98 Å². The van der Waals surface area contributed by atoms with Gasteiger partial charge in [0, 0.05) is 28.8 Å². The van der Waals surface area contributed by atoms with Crippen molar-refractivity contribution in [1.29, 1.82) is 0 Å². The van der Waals surface area contributed by atoms with E-state index in [2.05, 4.69) is 4.98 Å². The Kier molecular flexibility index (Phi) is 5.79. The second-order valence-electron chi connectivity index (χ2n) is 7.92. The number of Topliss-reactive ketones (excluding diaryl/α,β-unsaturated/α-hetero) is 1. The summed E-state index contributed by atoms with van der Waals surface area (Å²) in [6, 6.07) is 17.7. The van der Waals surface area contributed by atoms with Crippen molar-refractivity contribution in [2.75, 3.05) is 4.90 Å². The number of phenolic OH excluding ortho intramolecular Hbond substituents is 1. The maximum Gasteiger partial charge on any atom is 0.312 e. The quantitative estimate of drug-likeness (QED) is 0.129. The number of anilines is 1. The molecule has 0 bridgehead atoms. The number of aromatic nitrogens is 1. The number of phenols is 1. The zero-order valence-corrected chi connectivity index (χ0v) is 19.3. The second kappa shape index (κ2) is 9.08. The maximum atomic E-state index is 13.2. The number of amides is 1. The third kappa shape index (κ3) is 3.89. The number of carbonyl (C=O) groups excluding carboxylic acids is 2. The monoisotopic (exact) mass is 499 g/mol. The minimum atomic E-state index is -1.07. The lowest BCUT2D eigenvalue weighted by Gasteiger charge is -2.25. The standard InChI is InChI=1S/C26H17N3O6S/c30-20-11-10-18(14-19(20)29(34)35)28-22(15-6-8-17(9-7-15)25-27-12-13-36-25)21(24(32)26(28)33)23(31)16-4-2-1-3-5-16/h1-14,22,30-31H. The summed E-state index contributed by atoms with van der Waals surface area (Å²) in [6.45, 7) is 0. The van der Waals surface area contributed by atoms with Crippen molar-refractivity contribution in [3.8, 4) is 16.3 Å². The minimum Gasteiger partial charge on any atom is -0.507 e. The molecule has 9 nitrogen and oxygen atoms in total. The lowest BCUT2D eigenvalue weighted by molar-refractivity contribution is -0.385. The molecule has 5 rings (SSSR count). The van der Waals surface area contributed by atoms with E-state index < -0.39 is 34.1 Å². The van der Waals surface area contributed by atoms with Crippen molar-refractivity contribution in [2.24, 2.45) is 0 Å². The summed E-state index contributed by atoms with van der Waals surface area (Å²) in [5.74, 6) is -2.82. The molecule has 1 saturated heterocycles. The van der Waals surface area contributed by atoms with E-state index >= 15 is 0 Å². The summed E-state index contributed by atoms with van der Waals surface area (Å²) >= 11 is 1.45. The number of nitro benzene ring substituents is 1. The van der Waals surface area contributed by atoms with Gasteiger partial charge in [0.15, 0.2) is 5.75 Å². The fraction of sp³-hybridized carbons (Fsp3) is 0.0385. The van der Waals surface area contributed by atoms with E-state index in [0.29, 0.717) is 11.1 Å². The number of carbonyl (C=O) groups is 2. The van der Waals surface area contributed by atoms with Gasteiger partial charge in [-0.1, -0.05) is 54.6 Å². The Hall–Kier alpha value is -4.83. The molecule has 0 radical (unpaired) electrons. The van der Waals surface area contributed by atoms with Crippen LogP contribution in [0.4, 0.5) is 11.4 Å². The van der Waals surface area contributed by atoms with Gasteiger partial charge in [-0.2, -0.15) is 0 Å². The Balaban J connectivity index is 1.70. The van der Waals surface area contributed by atoms with Gasteiger partial charge in [-0.3, -0.25) is 24.6 Å². The van der Waals surface area contributed by atoms with Gasteiger partial charge < -0.3 is 10.2 Å². The average molecular weight is 500 g/mol. The largest absolute Gasteiger partial charge is 0.507 e. The molecule has 1 fully saturated rings. The van der Waals surface area contributed by atoms with Crippen molar-refractivity contribution in [3.05, 3.63) is 111 Å². The van der Waals surface area contributed by atoms with E-state index in [4.69, 9.17) is 0 Å². The summed E-state index contributed by atoms with van der Waals surface area (Å²) in [5.41, 5.74) is 0.940. The van der Waals surface area contributed by atoms with Crippen LogP contribution in [-0.2, 0) is 9.59 Å². The number of thiazole rings is 1. The Morgan fingerprint density at radius 1 is 1.03 bits per heavy atom. The second-order valence-corrected chi connectivity index (χ2v) is 8.82. The molecule has 3 aromatic carbocycles. The predicted molar refractivity (Wildman–Crippen MR) is 134 cm³/mol. The number of hydrogen-bond acceptors (Lipinski definition) is 8. The van der Waals surface area contributed by atoms with Crippen LogP contribution in [0, 0.1) is 10.1 Å². The lowest BCUT2D eigenvalue weighted by Crippen LogP contribution is -2.29. The Bertz CT molecular complexity index is 1520. The third-order valence-corrected chi connectivity index (χ3v) is 6.65. The number of aliphatic hydroxyl groups is 1. The third-order valence-electron chi connectivity index (χ3n) is 5.83. The lowest BCUT2D eigenvalue weighted by atomic mass is 9.94. The highest BCUT2D eigenvalue weighted by Gasteiger charge is 2.47. The molecule has 0 spiro atoms. The zero-order valence-electron chi connectivity index (χ0n) is 18.4. The smallest absolute Gasteiger partial charge is 0.312 e. The molecular weight excluding hydrogens is 482 g/mol. The number of nitro groups is 1. The van der Waals surface area contributed by atoms with Gasteiger partial charge in [0.1, 0.15) is 10.8 Å². The van der Waals surface area contributed by atoms with E-state index in [9.17, 15) is 29.9 Å². The van der Waals surface area contributed by atoms with Gasteiger partial charge in [-0.05, 0) is 17.7 Å². The van der Waals surface area contributed by atoms with E-state index in [1.165, 1.54) is 17.4 Å². The van der Waals surface area contributed by atoms with Gasteiger partial charge in [0.2, 0.25) is 0 Å². The molecule has 1 aliphatic rings. The highest BCUT2D eigenvalue weighted by atomic mass is 32.1. The SMILES string of the molecule is O=C1C(=O)N(c2ccc(O)c([N+](=O)[O-])c2)C(c2ccc(-c3nccs3)cc2)C1=C(O)c1ccccc1. The number of aromatic hydroxyl groups is 1. The van der Waals surface area contributed by atoms with E-state index in [-0.39, 0.29) is 17.0 Å². The van der Waals surface area contributed by atoms with Crippen LogP contribution >= 0.6 is 11.3 Å². The van der Waals surface area contributed by atoms with Gasteiger partial charge >= 0.3 is 5.69 Å². The first-order valence-corrected chi connectivity index (χ1v) is 11.6. The first-order chi connectivity index (χ1) is 17.4. The molecule has 10 heteroatoms. The molecule has 1 unspecified atom stereocenters. The van der Waals surface area contributed by atoms with Crippen LogP contribution in [0.2, 0.25) is 0 Å². The average Bonchev–Trinajstić information content (AvgIpc) is 3.52. The van der Waals surface area contributed by atoms with E-state index in [0.717, 1.165) is 27.6 Å². The number of ketones is 1. The number of hydrogen-bond donors (Lipinski definition) is 2. The first kappa shape index (κ1) is 22.9. The summed E-state index contributed by atoms with van der Waals surface area (Å²) in [4.78, 5) is 42.5. The summed E-state index contributed by atoms with van der Waals surface area (Å²) in [5, 5.41) is 35.1. The Labute approximate surface area is 208 Å². The Morgan fingerprint density at radius 2 is 1.75 bits per heavy atom. The number of benzene rings is 3. The predicted octanol–water partition coefficient (Wildman–Crippen LogP) is 5.05. The summed E-state index contributed by atoms with van der Waals surface area (Å²) in [6.07, 6.45) is 1.68. The van der Waals surface area contributed by atoms with Crippen LogP contribution in [0.15, 0.2) is 89.9 Å². The zero-order chi connectivity index (χ0) is 25.4. The van der Waals surface area contributed by atoms with Crippen LogP contribution in [0.25, 0.3) is 16.3 Å². The van der Waals surface area contributed by atoms with Gasteiger partial charge in [-0.15, -0.1) is 11.3 Å². The fourth-order valence-electron chi connectivity index (χ4n) is 4.15. The van der Waals surface area contributed by atoms with Crippen LogP contribution in [0.5, 0.6) is 5.75 Å². The molecule has 1 aromatic heterocycles. The molecule has 1 amide bonds. The molecule has 2 N–H and O–H groups in total. The highest BCUT2D eigenvalue weighted by Crippen LogP contribution is 2.44. The van der Waals surface area contributed by atoms with Crippen LogP contribution in [-0.4, -0.2) is 31.8 Å². The van der Waals surface area contributed by atoms with Gasteiger partial charge in [-0.25, -0.2) is 4.98 Å². The minimum absolute atomic E-state index is 0.0303. The number of aliphatic hydroxyl groups excluding tert-OH is 1. The maximum absolute atomic E-state index is 13.2. The molecule has 1 aliphatic heterocycles. The molecule has 178 valence electrons. The van der Waals surface area contributed by atoms with Crippen molar-refractivity contribution < 1.29 is 24.7 Å². The van der Waals surface area contributed by atoms with Gasteiger partial charge in [0.25, 0.3) is 11.7 Å². The molecule has 4 aromatic rings. The number of rotatable bonds is 5. The van der Waals surface area contributed by atoms with Crippen LogP contribution in [0.1, 0.15) is 17.2 Å². The van der Waals surface area contributed by atoms with Crippen molar-refractivity contribution in [2.45, 2.75) is 6.04 Å². The molecule has 1 atom stereocenters. The van der Waals surface area contributed by atoms with Crippen LogP contribution in [0.3, 0.4) is 0 Å². The fourth-order valence-corrected chi connectivity index (χ4v) is 4.79. The molecule has 2 heterocycles. The van der Waals surface area contributed by atoms with Gasteiger partial charge in [0.05, 0.1) is 22.2 Å². The summed E-state index contributed by atoms with van der Waals surface area (Å²) in [7, 11) is 0. The van der Waals surface area contributed by atoms with Crippen molar-refractivity contribution in [3.63, 3.8) is 0 Å².